The smallest absolute Gasteiger partial charge is 0.237 e. The molecule has 4 nitrogen and oxygen atoms in total. The van der Waals surface area contributed by atoms with Crippen LogP contribution in [-0.4, -0.2) is 24.1 Å². The predicted molar refractivity (Wildman–Crippen MR) is 75.0 cm³/mol. The lowest BCUT2D eigenvalue weighted by atomic mass is 9.96. The van der Waals surface area contributed by atoms with Crippen LogP contribution < -0.4 is 15.8 Å². The third-order valence-corrected chi connectivity index (χ3v) is 3.89. The maximum atomic E-state index is 13.1. The molecule has 0 radical (unpaired) electrons. The number of carbonyl (C=O) groups excluding carboxylic acids is 1. The highest BCUT2D eigenvalue weighted by atomic mass is 19.1. The Balaban J connectivity index is 2.07. The molecule has 0 spiro atoms. The van der Waals surface area contributed by atoms with E-state index in [4.69, 9.17) is 10.5 Å². The summed E-state index contributed by atoms with van der Waals surface area (Å²) in [6.07, 6.45) is 1.89. The summed E-state index contributed by atoms with van der Waals surface area (Å²) >= 11 is 0. The van der Waals surface area contributed by atoms with E-state index >= 15 is 0 Å². The standard InChI is InChI=1S/C15H21FN2O2/c1-3-18-15(14(17)19)7-6-12(9-15)20-13-5-4-11(16)8-10(13)2/h4-5,8,12,18H,3,6-7,9H2,1-2H3,(H2,17,19). The Hall–Kier alpha value is -1.62. The summed E-state index contributed by atoms with van der Waals surface area (Å²) < 4.78 is 19.0. The fourth-order valence-electron chi connectivity index (χ4n) is 2.84. The minimum Gasteiger partial charge on any atom is -0.490 e. The van der Waals surface area contributed by atoms with Crippen molar-refractivity contribution in [1.82, 2.24) is 5.32 Å². The molecule has 1 aromatic carbocycles. The van der Waals surface area contributed by atoms with Crippen LogP contribution in [0, 0.1) is 12.7 Å². The summed E-state index contributed by atoms with van der Waals surface area (Å²) in [7, 11) is 0. The minimum absolute atomic E-state index is 0.0780. The zero-order valence-electron chi connectivity index (χ0n) is 11.9. The van der Waals surface area contributed by atoms with Crippen LogP contribution >= 0.6 is 0 Å². The number of hydrogen-bond donors (Lipinski definition) is 2. The average Bonchev–Trinajstić information content (AvgIpc) is 2.78. The molecule has 1 aliphatic carbocycles. The SMILES string of the molecule is CCNC1(C(N)=O)CCC(Oc2ccc(F)cc2C)C1. The number of likely N-dealkylation sites (N-methyl/N-ethyl adjacent to an activating group) is 1. The number of ether oxygens (including phenoxy) is 1. The summed E-state index contributed by atoms with van der Waals surface area (Å²) in [6, 6.07) is 4.45. The second-order valence-electron chi connectivity index (χ2n) is 5.37. The topological polar surface area (TPSA) is 64.3 Å². The van der Waals surface area contributed by atoms with Crippen LogP contribution in [0.2, 0.25) is 0 Å². The second-order valence-corrected chi connectivity index (χ2v) is 5.37. The lowest BCUT2D eigenvalue weighted by Crippen LogP contribution is -2.54. The normalized spacial score (nSPS) is 25.6. The van der Waals surface area contributed by atoms with Crippen molar-refractivity contribution in [3.8, 4) is 5.75 Å². The van der Waals surface area contributed by atoms with Gasteiger partial charge >= 0.3 is 0 Å². The Morgan fingerprint density at radius 3 is 2.95 bits per heavy atom. The Labute approximate surface area is 118 Å². The van der Waals surface area contributed by atoms with E-state index in [-0.39, 0.29) is 17.8 Å². The molecular formula is C15H21FN2O2. The third kappa shape index (κ3) is 2.93. The highest BCUT2D eigenvalue weighted by molar-refractivity contribution is 5.85. The van der Waals surface area contributed by atoms with Gasteiger partial charge in [-0.2, -0.15) is 0 Å². The van der Waals surface area contributed by atoms with Gasteiger partial charge < -0.3 is 15.8 Å². The molecule has 2 atom stereocenters. The minimum atomic E-state index is -0.673. The van der Waals surface area contributed by atoms with Gasteiger partial charge in [0.05, 0.1) is 0 Å². The molecule has 1 amide bonds. The van der Waals surface area contributed by atoms with Crippen LogP contribution in [0.4, 0.5) is 4.39 Å². The summed E-state index contributed by atoms with van der Waals surface area (Å²) in [4.78, 5) is 11.7. The number of hydrogen-bond acceptors (Lipinski definition) is 3. The summed E-state index contributed by atoms with van der Waals surface area (Å²) in [5.41, 5.74) is 5.60. The van der Waals surface area contributed by atoms with E-state index in [0.29, 0.717) is 25.1 Å². The van der Waals surface area contributed by atoms with E-state index in [1.54, 1.807) is 13.0 Å². The van der Waals surface area contributed by atoms with Gasteiger partial charge in [0.25, 0.3) is 0 Å². The van der Waals surface area contributed by atoms with Crippen molar-refractivity contribution in [3.63, 3.8) is 0 Å². The molecule has 3 N–H and O–H groups in total. The monoisotopic (exact) mass is 280 g/mol. The van der Waals surface area contributed by atoms with Gasteiger partial charge in [-0.1, -0.05) is 6.92 Å². The molecule has 0 saturated heterocycles. The molecule has 1 fully saturated rings. The van der Waals surface area contributed by atoms with Gasteiger partial charge in [0.15, 0.2) is 0 Å². The number of halogens is 1. The first-order chi connectivity index (χ1) is 9.47. The lowest BCUT2D eigenvalue weighted by molar-refractivity contribution is -0.124. The van der Waals surface area contributed by atoms with E-state index in [9.17, 15) is 9.18 Å². The highest BCUT2D eigenvalue weighted by Crippen LogP contribution is 2.33. The molecule has 5 heteroatoms. The zero-order valence-corrected chi connectivity index (χ0v) is 11.9. The van der Waals surface area contributed by atoms with Crippen molar-refractivity contribution in [2.45, 2.75) is 44.8 Å². The van der Waals surface area contributed by atoms with Crippen LogP contribution in [0.1, 0.15) is 31.7 Å². The number of nitrogens with one attached hydrogen (secondary N) is 1. The Bertz CT molecular complexity index is 507. The van der Waals surface area contributed by atoms with Crippen molar-refractivity contribution in [1.29, 1.82) is 0 Å². The average molecular weight is 280 g/mol. The predicted octanol–water partition coefficient (Wildman–Crippen LogP) is 1.90. The van der Waals surface area contributed by atoms with Gasteiger partial charge in [0, 0.05) is 6.42 Å². The maximum Gasteiger partial charge on any atom is 0.237 e. The fraction of sp³-hybridized carbons (Fsp3) is 0.533. The number of benzene rings is 1. The van der Waals surface area contributed by atoms with E-state index in [1.807, 2.05) is 6.92 Å². The number of rotatable bonds is 5. The molecule has 0 bridgehead atoms. The van der Waals surface area contributed by atoms with E-state index < -0.39 is 5.54 Å². The summed E-state index contributed by atoms with van der Waals surface area (Å²) in [5, 5.41) is 3.18. The van der Waals surface area contributed by atoms with Crippen LogP contribution in [0.3, 0.4) is 0 Å². The van der Waals surface area contributed by atoms with E-state index in [2.05, 4.69) is 5.32 Å². The van der Waals surface area contributed by atoms with Gasteiger partial charge in [0.1, 0.15) is 23.2 Å². The molecule has 20 heavy (non-hydrogen) atoms. The highest BCUT2D eigenvalue weighted by Gasteiger charge is 2.44. The van der Waals surface area contributed by atoms with E-state index in [0.717, 1.165) is 12.0 Å². The third-order valence-electron chi connectivity index (χ3n) is 3.89. The molecule has 0 aliphatic heterocycles. The molecule has 1 aliphatic rings. The van der Waals surface area contributed by atoms with Crippen molar-refractivity contribution >= 4 is 5.91 Å². The number of primary amides is 1. The summed E-state index contributed by atoms with van der Waals surface area (Å²) in [5.74, 6) is 0.0508. The Kier molecular flexibility index (Phi) is 4.28. The maximum absolute atomic E-state index is 13.1. The van der Waals surface area contributed by atoms with Crippen LogP contribution in [-0.2, 0) is 4.79 Å². The number of nitrogens with two attached hydrogens (primary N) is 1. The molecule has 0 aromatic heterocycles. The van der Waals surface area contributed by atoms with Crippen LogP contribution in [0.15, 0.2) is 18.2 Å². The Morgan fingerprint density at radius 2 is 2.35 bits per heavy atom. The Morgan fingerprint density at radius 1 is 1.60 bits per heavy atom. The number of carbonyl (C=O) groups is 1. The molecule has 0 heterocycles. The zero-order chi connectivity index (χ0) is 14.8. The van der Waals surface area contributed by atoms with E-state index in [1.165, 1.54) is 12.1 Å². The van der Waals surface area contributed by atoms with Gasteiger partial charge in [-0.25, -0.2) is 4.39 Å². The molecule has 2 unspecified atom stereocenters. The quantitative estimate of drug-likeness (QED) is 0.866. The first-order valence-electron chi connectivity index (χ1n) is 6.94. The molecule has 2 rings (SSSR count). The van der Waals surface area contributed by atoms with Crippen LogP contribution in [0.5, 0.6) is 5.75 Å². The van der Waals surface area contributed by atoms with Crippen molar-refractivity contribution in [2.24, 2.45) is 5.73 Å². The number of aryl methyl sites for hydroxylation is 1. The van der Waals surface area contributed by atoms with Crippen molar-refractivity contribution < 1.29 is 13.9 Å². The second kappa shape index (κ2) is 5.79. The van der Waals surface area contributed by atoms with Crippen molar-refractivity contribution in [3.05, 3.63) is 29.6 Å². The lowest BCUT2D eigenvalue weighted by Gasteiger charge is -2.26. The van der Waals surface area contributed by atoms with Gasteiger partial charge in [-0.05, 0) is 50.1 Å². The van der Waals surface area contributed by atoms with Gasteiger partial charge in [-0.15, -0.1) is 0 Å². The van der Waals surface area contributed by atoms with Gasteiger partial charge in [0.2, 0.25) is 5.91 Å². The fourth-order valence-corrected chi connectivity index (χ4v) is 2.84. The first-order valence-corrected chi connectivity index (χ1v) is 6.94. The largest absolute Gasteiger partial charge is 0.490 e. The molecular weight excluding hydrogens is 259 g/mol. The molecule has 1 aromatic rings. The number of amides is 1. The van der Waals surface area contributed by atoms with Gasteiger partial charge in [-0.3, -0.25) is 4.79 Å². The molecule has 110 valence electrons. The molecule has 1 saturated carbocycles. The summed E-state index contributed by atoms with van der Waals surface area (Å²) in [6.45, 7) is 4.44. The van der Waals surface area contributed by atoms with Crippen LogP contribution in [0.25, 0.3) is 0 Å². The first kappa shape index (κ1) is 14.8. The van der Waals surface area contributed by atoms with Crippen molar-refractivity contribution in [2.75, 3.05) is 6.54 Å².